The normalized spacial score (nSPS) is 35.8. The van der Waals surface area contributed by atoms with Crippen molar-refractivity contribution in [3.8, 4) is 0 Å². The highest BCUT2D eigenvalue weighted by Crippen LogP contribution is 2.60. The quantitative estimate of drug-likeness (QED) is 0.612. The molecule has 1 aromatic carbocycles. The number of sulfonamides is 1. The molecule has 7 nitrogen and oxygen atoms in total. The lowest BCUT2D eigenvalue weighted by Gasteiger charge is -2.59. The van der Waals surface area contributed by atoms with Crippen LogP contribution in [-0.4, -0.2) is 31.8 Å². The van der Waals surface area contributed by atoms with Gasteiger partial charge in [-0.25, -0.2) is 8.42 Å². The van der Waals surface area contributed by atoms with Crippen molar-refractivity contribution in [2.45, 2.75) is 61.4 Å². The van der Waals surface area contributed by atoms with Crippen molar-refractivity contribution in [3.05, 3.63) is 29.3 Å². The minimum absolute atomic E-state index is 0.0188. The van der Waals surface area contributed by atoms with Gasteiger partial charge in [0.2, 0.25) is 21.8 Å². The number of rotatable bonds is 6. The summed E-state index contributed by atoms with van der Waals surface area (Å²) in [5, 5.41) is 3.49. The van der Waals surface area contributed by atoms with E-state index < -0.39 is 21.0 Å². The number of carbonyl (C=O) groups excluding carboxylic acids is 2. The smallest absolute Gasteiger partial charge is 0.241 e. The van der Waals surface area contributed by atoms with E-state index in [0.29, 0.717) is 23.8 Å². The Balaban J connectivity index is 1.31. The Kier molecular flexibility index (Phi) is 4.51. The third-order valence-corrected chi connectivity index (χ3v) is 9.48. The second-order valence-corrected chi connectivity index (χ2v) is 11.9. The summed E-state index contributed by atoms with van der Waals surface area (Å²) in [6.07, 6.45) is 5.25. The lowest BCUT2D eigenvalue weighted by molar-refractivity contribution is -0.147. The fourth-order valence-corrected chi connectivity index (χ4v) is 8.03. The van der Waals surface area contributed by atoms with Crippen molar-refractivity contribution in [2.75, 3.05) is 0 Å². The average molecular weight is 452 g/mol. The first-order chi connectivity index (χ1) is 14.1. The van der Waals surface area contributed by atoms with Crippen molar-refractivity contribution < 1.29 is 18.0 Å². The maximum atomic E-state index is 13.2. The van der Waals surface area contributed by atoms with Gasteiger partial charge in [0.1, 0.15) is 5.54 Å². The molecule has 5 aliphatic rings. The predicted octanol–water partition coefficient (Wildman–Crippen LogP) is 1.95. The third kappa shape index (κ3) is 3.24. The Morgan fingerprint density at radius 3 is 2.33 bits per heavy atom. The van der Waals surface area contributed by atoms with E-state index in [2.05, 4.69) is 10.0 Å². The van der Waals surface area contributed by atoms with Gasteiger partial charge in [-0.05, 0) is 80.9 Å². The first kappa shape index (κ1) is 20.3. The van der Waals surface area contributed by atoms with Gasteiger partial charge >= 0.3 is 0 Å². The Hall–Kier alpha value is -1.64. The van der Waals surface area contributed by atoms with Crippen LogP contribution in [0.2, 0.25) is 5.02 Å². The van der Waals surface area contributed by atoms with Gasteiger partial charge in [-0.1, -0.05) is 17.7 Å². The highest BCUT2D eigenvalue weighted by atomic mass is 35.5. The molecule has 5 aliphatic carbocycles. The topological polar surface area (TPSA) is 118 Å². The molecule has 4 bridgehead atoms. The lowest BCUT2D eigenvalue weighted by Crippen LogP contribution is -2.63. The summed E-state index contributed by atoms with van der Waals surface area (Å²) in [5.41, 5.74) is 4.23. The summed E-state index contributed by atoms with van der Waals surface area (Å²) in [5.74, 6) is 0.485. The first-order valence-electron chi connectivity index (χ1n) is 10.5. The largest absolute Gasteiger partial charge is 0.369 e. The second kappa shape index (κ2) is 6.68. The lowest BCUT2D eigenvalue weighted by atomic mass is 9.47. The van der Waals surface area contributed by atoms with Crippen LogP contribution in [-0.2, 0) is 19.6 Å². The summed E-state index contributed by atoms with van der Waals surface area (Å²) in [6, 6.07) is 5.99. The molecule has 0 saturated heterocycles. The fraction of sp³-hybridized carbons (Fsp3) is 0.619. The van der Waals surface area contributed by atoms with Crippen molar-refractivity contribution in [2.24, 2.45) is 28.9 Å². The predicted molar refractivity (Wildman–Crippen MR) is 111 cm³/mol. The van der Waals surface area contributed by atoms with E-state index in [0.717, 1.165) is 32.1 Å². The molecule has 0 radical (unpaired) electrons. The van der Waals surface area contributed by atoms with E-state index in [1.54, 1.807) is 12.1 Å². The second-order valence-electron chi connectivity index (χ2n) is 9.76. The van der Waals surface area contributed by atoms with Gasteiger partial charge in [-0.15, -0.1) is 0 Å². The van der Waals surface area contributed by atoms with Gasteiger partial charge in [0.15, 0.2) is 0 Å². The van der Waals surface area contributed by atoms with Crippen LogP contribution in [0.4, 0.5) is 0 Å². The van der Waals surface area contributed by atoms with Crippen LogP contribution < -0.4 is 15.8 Å². The highest BCUT2D eigenvalue weighted by Gasteiger charge is 2.60. The van der Waals surface area contributed by atoms with Crippen LogP contribution in [0.1, 0.15) is 44.9 Å². The minimum atomic E-state index is -3.86. The van der Waals surface area contributed by atoms with E-state index in [4.69, 9.17) is 17.3 Å². The van der Waals surface area contributed by atoms with Crippen LogP contribution in [0.3, 0.4) is 0 Å². The maximum Gasteiger partial charge on any atom is 0.241 e. The fourth-order valence-electron chi connectivity index (χ4n) is 6.30. The maximum absolute atomic E-state index is 13.2. The van der Waals surface area contributed by atoms with Crippen molar-refractivity contribution in [3.63, 3.8) is 0 Å². The van der Waals surface area contributed by atoms with Gasteiger partial charge in [0.25, 0.3) is 0 Å². The monoisotopic (exact) mass is 451 g/mol. The number of hydrogen-bond donors (Lipinski definition) is 3. The number of primary amides is 1. The van der Waals surface area contributed by atoms with Crippen molar-refractivity contribution in [1.29, 1.82) is 0 Å². The number of carbonyl (C=O) groups is 2. The standard InChI is InChI=1S/C21H26ClN3O4S/c22-15-2-1-3-16(8-15)30(28,29)25-21(4-5-21)19(27)24-17-13-6-12-7-14(17)11-20(9-12,10-13)18(23)26/h1-3,8,12-14,17,25H,4-7,9-11H2,(H2,23,26)(H,24,27). The molecule has 0 aliphatic heterocycles. The highest BCUT2D eigenvalue weighted by molar-refractivity contribution is 7.89. The van der Waals surface area contributed by atoms with Gasteiger partial charge in [0.05, 0.1) is 4.90 Å². The molecule has 0 heterocycles. The van der Waals surface area contributed by atoms with E-state index in [1.165, 1.54) is 12.1 Å². The zero-order valence-corrected chi connectivity index (χ0v) is 18.1. The molecule has 1 aromatic rings. The Labute approximate surface area is 181 Å². The molecule has 0 spiro atoms. The number of amides is 2. The van der Waals surface area contributed by atoms with Crippen LogP contribution in [0.25, 0.3) is 0 Å². The molecule has 5 fully saturated rings. The Morgan fingerprint density at radius 1 is 1.10 bits per heavy atom. The number of hydrogen-bond acceptors (Lipinski definition) is 4. The zero-order valence-electron chi connectivity index (χ0n) is 16.6. The molecule has 9 heteroatoms. The molecule has 2 unspecified atom stereocenters. The van der Waals surface area contributed by atoms with Crippen LogP contribution in [0.15, 0.2) is 29.2 Å². The molecule has 6 rings (SSSR count). The number of benzene rings is 1. The summed E-state index contributed by atoms with van der Waals surface area (Å²) >= 11 is 5.93. The Bertz CT molecular complexity index is 1010. The molecular formula is C21H26ClN3O4S. The van der Waals surface area contributed by atoms with Crippen LogP contribution in [0.5, 0.6) is 0 Å². The van der Waals surface area contributed by atoms with Crippen LogP contribution >= 0.6 is 11.6 Å². The molecule has 162 valence electrons. The SMILES string of the molecule is NC(=O)C12CC3CC(C1)C(NC(=O)C1(NS(=O)(=O)c4cccc(Cl)c4)CC1)C(C3)C2. The van der Waals surface area contributed by atoms with Gasteiger partial charge in [-0.2, -0.15) is 4.72 Å². The van der Waals surface area contributed by atoms with Crippen molar-refractivity contribution in [1.82, 2.24) is 10.0 Å². The number of nitrogens with one attached hydrogen (secondary N) is 2. The first-order valence-corrected chi connectivity index (χ1v) is 12.4. The van der Waals surface area contributed by atoms with E-state index >= 15 is 0 Å². The third-order valence-electron chi connectivity index (χ3n) is 7.71. The minimum Gasteiger partial charge on any atom is -0.369 e. The summed E-state index contributed by atoms with van der Waals surface area (Å²) < 4.78 is 28.2. The van der Waals surface area contributed by atoms with Crippen molar-refractivity contribution >= 4 is 33.4 Å². The average Bonchev–Trinajstić information content (AvgIpc) is 3.44. The molecule has 5 saturated carbocycles. The van der Waals surface area contributed by atoms with Crippen LogP contribution in [0, 0.1) is 23.2 Å². The number of nitrogens with two attached hydrogens (primary N) is 1. The zero-order chi connectivity index (χ0) is 21.3. The van der Waals surface area contributed by atoms with Gasteiger partial charge in [-0.3, -0.25) is 9.59 Å². The summed E-state index contributed by atoms with van der Waals surface area (Å²) in [7, 11) is -3.86. The van der Waals surface area contributed by atoms with E-state index in [9.17, 15) is 18.0 Å². The van der Waals surface area contributed by atoms with E-state index in [1.807, 2.05) is 0 Å². The van der Waals surface area contributed by atoms with Gasteiger partial charge < -0.3 is 11.1 Å². The molecule has 30 heavy (non-hydrogen) atoms. The molecule has 4 N–H and O–H groups in total. The summed E-state index contributed by atoms with van der Waals surface area (Å²) in [6.45, 7) is 0. The molecule has 2 atom stereocenters. The molecular weight excluding hydrogens is 426 g/mol. The molecule has 0 aromatic heterocycles. The molecule has 2 amide bonds. The van der Waals surface area contributed by atoms with Gasteiger partial charge in [0, 0.05) is 16.5 Å². The Morgan fingerprint density at radius 2 is 1.77 bits per heavy atom. The number of halogens is 1. The van der Waals surface area contributed by atoms with E-state index in [-0.39, 0.29) is 34.6 Å². The summed E-state index contributed by atoms with van der Waals surface area (Å²) in [4.78, 5) is 25.3.